The molecule has 0 saturated carbocycles. The van der Waals surface area contributed by atoms with Gasteiger partial charge in [-0.2, -0.15) is 0 Å². The SMILES string of the molecule is CCC(=O)OC(c1cccc2ccccc12)c1cccc2ccccc12.c1ccc(-c2cc[nH]c2)cc1. The number of aromatic amines is 1. The maximum absolute atomic E-state index is 12.2. The number of H-pyrrole nitrogens is 1. The average Bonchev–Trinajstić information content (AvgIpc) is 3.52. The minimum absolute atomic E-state index is 0.198. The van der Waals surface area contributed by atoms with Crippen molar-refractivity contribution < 1.29 is 9.53 Å². The highest BCUT2D eigenvalue weighted by molar-refractivity contribution is 5.90. The molecule has 0 unspecified atom stereocenters. The smallest absolute Gasteiger partial charge is 0.306 e. The number of benzene rings is 5. The summed E-state index contributed by atoms with van der Waals surface area (Å²) >= 11 is 0. The molecule has 0 atom stereocenters. The van der Waals surface area contributed by atoms with Crippen LogP contribution in [0.1, 0.15) is 30.6 Å². The molecule has 0 aliphatic rings. The van der Waals surface area contributed by atoms with E-state index in [0.29, 0.717) is 6.42 Å². The third-order valence-corrected chi connectivity index (χ3v) is 6.45. The van der Waals surface area contributed by atoms with Crippen molar-refractivity contribution in [1.29, 1.82) is 0 Å². The molecule has 6 rings (SSSR count). The maximum atomic E-state index is 12.2. The Morgan fingerprint density at radius 3 is 1.73 bits per heavy atom. The third kappa shape index (κ3) is 5.46. The molecule has 0 saturated heterocycles. The number of hydrogen-bond donors (Lipinski definition) is 1. The van der Waals surface area contributed by atoms with E-state index in [2.05, 4.69) is 71.7 Å². The largest absolute Gasteiger partial charge is 0.452 e. The summed E-state index contributed by atoms with van der Waals surface area (Å²) in [5.41, 5.74) is 4.53. The van der Waals surface area contributed by atoms with Crippen molar-refractivity contribution in [2.75, 3.05) is 0 Å². The van der Waals surface area contributed by atoms with E-state index in [-0.39, 0.29) is 5.97 Å². The quantitative estimate of drug-likeness (QED) is 0.249. The van der Waals surface area contributed by atoms with E-state index in [9.17, 15) is 4.79 Å². The van der Waals surface area contributed by atoms with Gasteiger partial charge in [0.15, 0.2) is 6.10 Å². The lowest BCUT2D eigenvalue weighted by molar-refractivity contribution is -0.147. The van der Waals surface area contributed by atoms with Crippen LogP contribution in [0.5, 0.6) is 0 Å². The fraction of sp³-hybridized carbons (Fsp3) is 0.0882. The van der Waals surface area contributed by atoms with Crippen LogP contribution in [0.15, 0.2) is 134 Å². The summed E-state index contributed by atoms with van der Waals surface area (Å²) < 4.78 is 5.95. The van der Waals surface area contributed by atoms with Gasteiger partial charge in [-0.15, -0.1) is 0 Å². The van der Waals surface area contributed by atoms with Crippen LogP contribution in [0, 0.1) is 0 Å². The predicted molar refractivity (Wildman–Crippen MR) is 152 cm³/mol. The molecule has 0 amide bonds. The van der Waals surface area contributed by atoms with Crippen LogP contribution in [-0.2, 0) is 9.53 Å². The third-order valence-electron chi connectivity index (χ3n) is 6.45. The lowest BCUT2D eigenvalue weighted by Crippen LogP contribution is -2.12. The molecular formula is C34H29NO2. The van der Waals surface area contributed by atoms with Crippen LogP contribution in [0.3, 0.4) is 0 Å². The van der Waals surface area contributed by atoms with Gasteiger partial charge in [-0.05, 0) is 38.7 Å². The fourth-order valence-corrected chi connectivity index (χ4v) is 4.60. The Morgan fingerprint density at radius 2 is 1.19 bits per heavy atom. The average molecular weight is 484 g/mol. The predicted octanol–water partition coefficient (Wildman–Crippen LogP) is 8.72. The molecule has 5 aromatic carbocycles. The summed E-state index contributed by atoms with van der Waals surface area (Å²) in [6.45, 7) is 1.82. The van der Waals surface area contributed by atoms with Crippen LogP contribution in [-0.4, -0.2) is 11.0 Å². The number of aromatic nitrogens is 1. The molecule has 0 radical (unpaired) electrons. The number of nitrogens with one attached hydrogen (secondary N) is 1. The summed E-state index contributed by atoms with van der Waals surface area (Å²) in [4.78, 5) is 15.2. The molecule has 1 aromatic heterocycles. The normalized spacial score (nSPS) is 10.8. The van der Waals surface area contributed by atoms with Crippen LogP contribution in [0.4, 0.5) is 0 Å². The second-order valence-corrected chi connectivity index (χ2v) is 8.83. The molecule has 6 aromatic rings. The highest BCUT2D eigenvalue weighted by Gasteiger charge is 2.22. The summed E-state index contributed by atoms with van der Waals surface area (Å²) in [7, 11) is 0. The molecule has 182 valence electrons. The van der Waals surface area contributed by atoms with Gasteiger partial charge in [-0.1, -0.05) is 122 Å². The zero-order valence-corrected chi connectivity index (χ0v) is 20.8. The number of rotatable bonds is 5. The van der Waals surface area contributed by atoms with E-state index in [1.165, 1.54) is 11.1 Å². The first-order chi connectivity index (χ1) is 18.2. The van der Waals surface area contributed by atoms with Gasteiger partial charge in [0, 0.05) is 29.9 Å². The van der Waals surface area contributed by atoms with Gasteiger partial charge in [0.1, 0.15) is 0 Å². The zero-order chi connectivity index (χ0) is 25.5. The second kappa shape index (κ2) is 11.4. The molecule has 0 aliphatic carbocycles. The lowest BCUT2D eigenvalue weighted by Gasteiger charge is -2.22. The fourth-order valence-electron chi connectivity index (χ4n) is 4.60. The van der Waals surface area contributed by atoms with E-state index in [1.54, 1.807) is 0 Å². The first kappa shape index (κ1) is 24.1. The van der Waals surface area contributed by atoms with E-state index < -0.39 is 6.10 Å². The number of ether oxygens (including phenoxy) is 1. The van der Waals surface area contributed by atoms with Gasteiger partial charge in [0.2, 0.25) is 0 Å². The Kier molecular flexibility index (Phi) is 7.42. The van der Waals surface area contributed by atoms with E-state index in [1.807, 2.05) is 73.9 Å². The molecule has 0 aliphatic heterocycles. The monoisotopic (exact) mass is 483 g/mol. The van der Waals surface area contributed by atoms with E-state index >= 15 is 0 Å². The molecule has 3 nitrogen and oxygen atoms in total. The van der Waals surface area contributed by atoms with Crippen molar-refractivity contribution in [3.8, 4) is 11.1 Å². The topological polar surface area (TPSA) is 42.1 Å². The van der Waals surface area contributed by atoms with Crippen molar-refractivity contribution in [3.05, 3.63) is 145 Å². The number of carbonyl (C=O) groups is 1. The highest BCUT2D eigenvalue weighted by atomic mass is 16.5. The van der Waals surface area contributed by atoms with E-state index in [0.717, 1.165) is 32.7 Å². The van der Waals surface area contributed by atoms with Gasteiger partial charge in [-0.25, -0.2) is 0 Å². The Labute approximate surface area is 217 Å². The van der Waals surface area contributed by atoms with Gasteiger partial charge in [0.05, 0.1) is 0 Å². The van der Waals surface area contributed by atoms with Crippen LogP contribution < -0.4 is 0 Å². The summed E-state index contributed by atoms with van der Waals surface area (Å²) in [5, 5.41) is 4.50. The number of fused-ring (bicyclic) bond motifs is 2. The van der Waals surface area contributed by atoms with Gasteiger partial charge in [0.25, 0.3) is 0 Å². The molecule has 1 N–H and O–H groups in total. The Balaban J connectivity index is 0.000000212. The Hall–Kier alpha value is -4.63. The standard InChI is InChI=1S/C24H20O2.C10H9N/c1-2-23(25)26-24(21-15-7-11-17-9-3-5-13-19(17)21)22-16-8-12-18-10-4-6-14-20(18)22;1-2-4-9(5-3-1)10-6-7-11-8-10/h3-16,24H,2H2,1H3;1-8,11H. The summed E-state index contributed by atoms with van der Waals surface area (Å²) in [6.07, 6.45) is 3.85. The Bertz CT molecular complexity index is 1510. The first-order valence-corrected chi connectivity index (χ1v) is 12.6. The molecule has 37 heavy (non-hydrogen) atoms. The van der Waals surface area contributed by atoms with Crippen molar-refractivity contribution >= 4 is 27.5 Å². The lowest BCUT2D eigenvalue weighted by atomic mass is 9.92. The molecule has 3 heteroatoms. The van der Waals surface area contributed by atoms with Gasteiger partial charge < -0.3 is 9.72 Å². The minimum Gasteiger partial charge on any atom is -0.452 e. The van der Waals surface area contributed by atoms with Gasteiger partial charge >= 0.3 is 5.97 Å². The highest BCUT2D eigenvalue weighted by Crippen LogP contribution is 2.35. The Morgan fingerprint density at radius 1 is 0.649 bits per heavy atom. The molecule has 0 spiro atoms. The van der Waals surface area contributed by atoms with Crippen LogP contribution in [0.2, 0.25) is 0 Å². The molecule has 1 heterocycles. The van der Waals surface area contributed by atoms with Crippen molar-refractivity contribution in [3.63, 3.8) is 0 Å². The van der Waals surface area contributed by atoms with Crippen molar-refractivity contribution in [2.24, 2.45) is 0 Å². The summed E-state index contributed by atoms with van der Waals surface area (Å²) in [6, 6.07) is 41.1. The first-order valence-electron chi connectivity index (χ1n) is 12.6. The second-order valence-electron chi connectivity index (χ2n) is 8.83. The number of carbonyl (C=O) groups excluding carboxylic acids is 1. The number of esters is 1. The number of hydrogen-bond acceptors (Lipinski definition) is 2. The molecule has 0 fully saturated rings. The van der Waals surface area contributed by atoms with Gasteiger partial charge in [-0.3, -0.25) is 4.79 Å². The van der Waals surface area contributed by atoms with Crippen molar-refractivity contribution in [1.82, 2.24) is 4.98 Å². The molecule has 0 bridgehead atoms. The van der Waals surface area contributed by atoms with Crippen LogP contribution in [0.25, 0.3) is 32.7 Å². The van der Waals surface area contributed by atoms with Crippen LogP contribution >= 0.6 is 0 Å². The van der Waals surface area contributed by atoms with E-state index in [4.69, 9.17) is 4.74 Å². The molecular weight excluding hydrogens is 454 g/mol. The van der Waals surface area contributed by atoms with Crippen molar-refractivity contribution in [2.45, 2.75) is 19.4 Å². The minimum atomic E-state index is -0.431. The maximum Gasteiger partial charge on any atom is 0.306 e. The zero-order valence-electron chi connectivity index (χ0n) is 20.8. The summed E-state index contributed by atoms with van der Waals surface area (Å²) in [5.74, 6) is -0.198.